The summed E-state index contributed by atoms with van der Waals surface area (Å²) < 4.78 is 0. The first-order valence-electron chi connectivity index (χ1n) is 6.50. The third kappa shape index (κ3) is 2.74. The Hall–Kier alpha value is -0.610. The Bertz CT molecular complexity index is 215. The van der Waals surface area contributed by atoms with Crippen LogP contribution in [0.1, 0.15) is 38.5 Å². The SMILES string of the molecule is O=C(O)C(N1CCCCC1)N1CCCCC1. The number of hydrogen-bond acceptors (Lipinski definition) is 3. The minimum atomic E-state index is -0.663. The predicted molar refractivity (Wildman–Crippen MR) is 62.3 cm³/mol. The molecule has 0 aromatic rings. The molecule has 92 valence electrons. The average Bonchev–Trinajstić information content (AvgIpc) is 2.31. The molecule has 0 atom stereocenters. The molecule has 16 heavy (non-hydrogen) atoms. The van der Waals surface area contributed by atoms with E-state index >= 15 is 0 Å². The zero-order valence-electron chi connectivity index (χ0n) is 9.90. The second-order valence-corrected chi connectivity index (χ2v) is 4.91. The maximum absolute atomic E-state index is 11.4. The molecule has 0 aromatic carbocycles. The van der Waals surface area contributed by atoms with Gasteiger partial charge in [0.1, 0.15) is 0 Å². The van der Waals surface area contributed by atoms with Crippen LogP contribution in [0.15, 0.2) is 0 Å². The third-order valence-corrected chi connectivity index (χ3v) is 3.69. The fourth-order valence-electron chi connectivity index (χ4n) is 2.87. The number of carboxylic acids is 1. The molecule has 2 aliphatic rings. The van der Waals surface area contributed by atoms with Crippen molar-refractivity contribution in [2.24, 2.45) is 0 Å². The van der Waals surface area contributed by atoms with E-state index in [1.807, 2.05) is 0 Å². The molecule has 0 radical (unpaired) electrons. The second-order valence-electron chi connectivity index (χ2n) is 4.91. The molecule has 2 heterocycles. The van der Waals surface area contributed by atoms with Crippen LogP contribution in [-0.2, 0) is 4.79 Å². The van der Waals surface area contributed by atoms with E-state index in [1.165, 1.54) is 12.8 Å². The van der Waals surface area contributed by atoms with Crippen molar-refractivity contribution in [2.45, 2.75) is 44.7 Å². The summed E-state index contributed by atoms with van der Waals surface area (Å²) in [4.78, 5) is 15.7. The normalized spacial score (nSPS) is 24.8. The van der Waals surface area contributed by atoms with Crippen molar-refractivity contribution in [3.8, 4) is 0 Å². The van der Waals surface area contributed by atoms with E-state index in [9.17, 15) is 9.90 Å². The van der Waals surface area contributed by atoms with Crippen LogP contribution in [0.3, 0.4) is 0 Å². The fraction of sp³-hybridized carbons (Fsp3) is 0.917. The number of nitrogens with zero attached hydrogens (tertiary/aromatic N) is 2. The third-order valence-electron chi connectivity index (χ3n) is 3.69. The zero-order valence-corrected chi connectivity index (χ0v) is 9.90. The van der Waals surface area contributed by atoms with Gasteiger partial charge in [-0.2, -0.15) is 0 Å². The quantitative estimate of drug-likeness (QED) is 0.789. The Morgan fingerprint density at radius 2 is 1.19 bits per heavy atom. The van der Waals surface area contributed by atoms with Crippen LogP contribution in [0, 0.1) is 0 Å². The van der Waals surface area contributed by atoms with Gasteiger partial charge in [0.2, 0.25) is 0 Å². The zero-order chi connectivity index (χ0) is 11.4. The monoisotopic (exact) mass is 226 g/mol. The number of carbonyl (C=O) groups is 1. The first-order chi connectivity index (χ1) is 7.79. The molecule has 0 amide bonds. The molecule has 4 heteroatoms. The lowest BCUT2D eigenvalue weighted by Gasteiger charge is -2.40. The average molecular weight is 226 g/mol. The molecule has 0 aliphatic carbocycles. The molecular weight excluding hydrogens is 204 g/mol. The van der Waals surface area contributed by atoms with E-state index < -0.39 is 5.97 Å². The van der Waals surface area contributed by atoms with Gasteiger partial charge in [-0.1, -0.05) is 12.8 Å². The molecule has 2 saturated heterocycles. The first kappa shape index (κ1) is 11.9. The Kier molecular flexibility index (Phi) is 4.18. The van der Waals surface area contributed by atoms with Gasteiger partial charge in [0.25, 0.3) is 0 Å². The van der Waals surface area contributed by atoms with Crippen molar-refractivity contribution in [3.63, 3.8) is 0 Å². The van der Waals surface area contributed by atoms with Crippen LogP contribution in [0.4, 0.5) is 0 Å². The lowest BCUT2D eigenvalue weighted by atomic mass is 10.1. The number of likely N-dealkylation sites (tertiary alicyclic amines) is 2. The Labute approximate surface area is 97.2 Å². The lowest BCUT2D eigenvalue weighted by molar-refractivity contribution is -0.153. The van der Waals surface area contributed by atoms with Crippen molar-refractivity contribution in [3.05, 3.63) is 0 Å². The van der Waals surface area contributed by atoms with Gasteiger partial charge in [-0.3, -0.25) is 9.80 Å². The van der Waals surface area contributed by atoms with E-state index in [0.29, 0.717) is 0 Å². The van der Waals surface area contributed by atoms with Gasteiger partial charge >= 0.3 is 5.97 Å². The summed E-state index contributed by atoms with van der Waals surface area (Å²) in [6, 6.07) is 0. The van der Waals surface area contributed by atoms with Crippen molar-refractivity contribution >= 4 is 5.97 Å². The number of rotatable bonds is 3. The van der Waals surface area contributed by atoms with Crippen LogP contribution < -0.4 is 0 Å². The lowest BCUT2D eigenvalue weighted by Crippen LogP contribution is -2.55. The van der Waals surface area contributed by atoms with Crippen LogP contribution >= 0.6 is 0 Å². The van der Waals surface area contributed by atoms with E-state index in [2.05, 4.69) is 9.80 Å². The summed E-state index contributed by atoms with van der Waals surface area (Å²) in [5, 5.41) is 9.39. The molecule has 2 rings (SSSR count). The molecule has 1 N–H and O–H groups in total. The molecular formula is C12H22N2O2. The summed E-state index contributed by atoms with van der Waals surface area (Å²) in [5.74, 6) is -0.663. The highest BCUT2D eigenvalue weighted by molar-refractivity contribution is 5.73. The fourth-order valence-corrected chi connectivity index (χ4v) is 2.87. The van der Waals surface area contributed by atoms with Gasteiger partial charge in [-0.15, -0.1) is 0 Å². The molecule has 0 bridgehead atoms. The summed E-state index contributed by atoms with van der Waals surface area (Å²) in [6.45, 7) is 3.81. The molecule has 0 spiro atoms. The van der Waals surface area contributed by atoms with Crippen molar-refractivity contribution in [2.75, 3.05) is 26.2 Å². The van der Waals surface area contributed by atoms with E-state index in [-0.39, 0.29) is 6.17 Å². The summed E-state index contributed by atoms with van der Waals surface area (Å²) >= 11 is 0. The van der Waals surface area contributed by atoms with Gasteiger partial charge in [-0.05, 0) is 25.7 Å². The largest absolute Gasteiger partial charge is 0.479 e. The highest BCUT2D eigenvalue weighted by atomic mass is 16.4. The van der Waals surface area contributed by atoms with Gasteiger partial charge in [0, 0.05) is 26.2 Å². The van der Waals surface area contributed by atoms with Crippen molar-refractivity contribution in [1.29, 1.82) is 0 Å². The van der Waals surface area contributed by atoms with Gasteiger partial charge in [0.15, 0.2) is 6.17 Å². The molecule has 0 aromatic heterocycles. The van der Waals surface area contributed by atoms with Gasteiger partial charge in [0.05, 0.1) is 0 Å². The van der Waals surface area contributed by atoms with Gasteiger partial charge < -0.3 is 5.11 Å². The molecule has 4 nitrogen and oxygen atoms in total. The second kappa shape index (κ2) is 5.64. The molecule has 0 saturated carbocycles. The summed E-state index contributed by atoms with van der Waals surface area (Å²) in [5.41, 5.74) is 0. The number of carboxylic acid groups (broad SMARTS) is 1. The van der Waals surface area contributed by atoms with Crippen LogP contribution in [0.25, 0.3) is 0 Å². The Balaban J connectivity index is 1.99. The topological polar surface area (TPSA) is 43.8 Å². The minimum absolute atomic E-state index is 0.361. The van der Waals surface area contributed by atoms with E-state index in [1.54, 1.807) is 0 Å². The minimum Gasteiger partial charge on any atom is -0.479 e. The van der Waals surface area contributed by atoms with Crippen molar-refractivity contribution in [1.82, 2.24) is 9.80 Å². The number of piperidine rings is 2. The smallest absolute Gasteiger partial charge is 0.336 e. The van der Waals surface area contributed by atoms with E-state index in [4.69, 9.17) is 0 Å². The Morgan fingerprint density at radius 3 is 1.50 bits per heavy atom. The first-order valence-corrected chi connectivity index (χ1v) is 6.50. The molecule has 0 unspecified atom stereocenters. The van der Waals surface area contributed by atoms with Gasteiger partial charge in [-0.25, -0.2) is 4.79 Å². The van der Waals surface area contributed by atoms with Crippen molar-refractivity contribution < 1.29 is 9.90 Å². The maximum atomic E-state index is 11.4. The number of hydrogen-bond donors (Lipinski definition) is 1. The maximum Gasteiger partial charge on any atom is 0.336 e. The van der Waals surface area contributed by atoms with E-state index in [0.717, 1.165) is 51.9 Å². The standard InChI is InChI=1S/C12H22N2O2/c15-12(16)11(13-7-3-1-4-8-13)14-9-5-2-6-10-14/h11H,1-10H2,(H,15,16). The molecule has 2 fully saturated rings. The molecule has 2 aliphatic heterocycles. The summed E-state index contributed by atoms with van der Waals surface area (Å²) in [6.07, 6.45) is 6.75. The van der Waals surface area contributed by atoms with Crippen LogP contribution in [0.5, 0.6) is 0 Å². The highest BCUT2D eigenvalue weighted by Gasteiger charge is 2.32. The predicted octanol–water partition coefficient (Wildman–Crippen LogP) is 1.37. The Morgan fingerprint density at radius 1 is 0.812 bits per heavy atom. The van der Waals surface area contributed by atoms with Crippen LogP contribution in [-0.4, -0.2) is 53.2 Å². The van der Waals surface area contributed by atoms with Crippen LogP contribution in [0.2, 0.25) is 0 Å². The summed E-state index contributed by atoms with van der Waals surface area (Å²) in [7, 11) is 0. The number of aliphatic carboxylic acids is 1. The highest BCUT2D eigenvalue weighted by Crippen LogP contribution is 2.19.